The molecule has 11 heteroatoms. The van der Waals surface area contributed by atoms with Gasteiger partial charge in [-0.05, 0) is 36.6 Å². The number of nitrogens with two attached hydrogens (primary N) is 1. The van der Waals surface area contributed by atoms with Gasteiger partial charge < -0.3 is 11.1 Å². The number of alkyl halides is 3. The first kappa shape index (κ1) is 25.6. The second-order valence-electron chi connectivity index (χ2n) is 6.35. The van der Waals surface area contributed by atoms with Gasteiger partial charge in [0.25, 0.3) is 5.91 Å². The van der Waals surface area contributed by atoms with Crippen molar-refractivity contribution in [2.75, 3.05) is 20.1 Å². The molecule has 0 radical (unpaired) electrons. The van der Waals surface area contributed by atoms with Crippen LogP contribution < -0.4 is 11.1 Å². The topological polar surface area (TPSA) is 92.5 Å². The molecule has 1 amide bonds. The van der Waals surface area contributed by atoms with Crippen LogP contribution in [-0.2, 0) is 10.0 Å². The maximum absolute atomic E-state index is 12.5. The molecule has 1 aromatic carbocycles. The second kappa shape index (κ2) is 10.3. The molecular weight excluding hydrogens is 407 g/mol. The van der Waals surface area contributed by atoms with Crippen LogP contribution in [0.2, 0.25) is 0 Å². The first-order valence-corrected chi connectivity index (χ1v) is 9.45. The molecular formula is C16H25ClF3N3O3S. The fraction of sp³-hybridized carbons (Fsp3) is 0.562. The standard InChI is InChI=1S/C16H24F3N3O3S.ClH/c1-11(2)14(20)8-9-22(3)26(24,25)13-6-4-12(5-7-13)15(23)21-10-16(17,18)19;/h4-7,11,14H,8-10,20H2,1-3H3,(H,21,23);1H. The van der Waals surface area contributed by atoms with Gasteiger partial charge in [0.1, 0.15) is 6.54 Å². The number of halogens is 4. The quantitative estimate of drug-likeness (QED) is 0.661. The number of rotatable bonds is 8. The predicted octanol–water partition coefficient (Wildman–Crippen LogP) is 2.39. The zero-order valence-electron chi connectivity index (χ0n) is 15.3. The van der Waals surface area contributed by atoms with E-state index in [1.54, 1.807) is 5.32 Å². The van der Waals surface area contributed by atoms with E-state index in [9.17, 15) is 26.4 Å². The van der Waals surface area contributed by atoms with Crippen LogP contribution in [0.1, 0.15) is 30.6 Å². The normalized spacial score (nSPS) is 13.4. The lowest BCUT2D eigenvalue weighted by Gasteiger charge is -2.21. The van der Waals surface area contributed by atoms with Crippen molar-refractivity contribution in [1.82, 2.24) is 9.62 Å². The molecule has 1 atom stereocenters. The molecule has 0 aliphatic carbocycles. The van der Waals surface area contributed by atoms with Crippen molar-refractivity contribution in [2.45, 2.75) is 37.4 Å². The third-order valence-electron chi connectivity index (χ3n) is 3.91. The lowest BCUT2D eigenvalue weighted by Crippen LogP contribution is -2.35. The largest absolute Gasteiger partial charge is 0.405 e. The number of nitrogens with zero attached hydrogens (tertiary/aromatic N) is 1. The summed E-state index contributed by atoms with van der Waals surface area (Å²) >= 11 is 0. The van der Waals surface area contributed by atoms with Crippen LogP contribution >= 0.6 is 12.4 Å². The molecule has 1 aromatic rings. The highest BCUT2D eigenvalue weighted by atomic mass is 35.5. The number of hydrogen-bond acceptors (Lipinski definition) is 4. The van der Waals surface area contributed by atoms with E-state index in [0.29, 0.717) is 6.42 Å². The fourth-order valence-corrected chi connectivity index (χ4v) is 3.21. The summed E-state index contributed by atoms with van der Waals surface area (Å²) in [7, 11) is -2.35. The highest BCUT2D eigenvalue weighted by Gasteiger charge is 2.28. The Hall–Kier alpha value is -1.36. The zero-order chi connectivity index (χ0) is 20.1. The van der Waals surface area contributed by atoms with E-state index in [4.69, 9.17) is 5.73 Å². The minimum atomic E-state index is -4.52. The molecule has 27 heavy (non-hydrogen) atoms. The van der Waals surface area contributed by atoms with Gasteiger partial charge in [-0.15, -0.1) is 12.4 Å². The minimum Gasteiger partial charge on any atom is -0.343 e. The van der Waals surface area contributed by atoms with E-state index in [2.05, 4.69) is 0 Å². The number of amides is 1. The summed E-state index contributed by atoms with van der Waals surface area (Å²) in [6.45, 7) is 2.67. The van der Waals surface area contributed by atoms with Gasteiger partial charge in [-0.3, -0.25) is 4.79 Å². The maximum Gasteiger partial charge on any atom is 0.405 e. The first-order chi connectivity index (χ1) is 11.8. The minimum absolute atomic E-state index is 0. The average Bonchev–Trinajstić information content (AvgIpc) is 2.56. The van der Waals surface area contributed by atoms with Crippen molar-refractivity contribution in [2.24, 2.45) is 11.7 Å². The van der Waals surface area contributed by atoms with Gasteiger partial charge in [0.2, 0.25) is 10.0 Å². The van der Waals surface area contributed by atoms with Crippen LogP contribution in [0.3, 0.4) is 0 Å². The number of carbonyl (C=O) groups is 1. The maximum atomic E-state index is 12.5. The van der Waals surface area contributed by atoms with Crippen LogP contribution in [0.25, 0.3) is 0 Å². The second-order valence-corrected chi connectivity index (χ2v) is 8.39. The molecule has 0 heterocycles. The molecule has 0 fully saturated rings. The van der Waals surface area contributed by atoms with E-state index in [1.165, 1.54) is 31.3 Å². The molecule has 3 N–H and O–H groups in total. The van der Waals surface area contributed by atoms with E-state index in [0.717, 1.165) is 4.31 Å². The van der Waals surface area contributed by atoms with Crippen LogP contribution in [0.4, 0.5) is 13.2 Å². The predicted molar refractivity (Wildman–Crippen MR) is 99.3 cm³/mol. The van der Waals surface area contributed by atoms with E-state index >= 15 is 0 Å². The summed E-state index contributed by atoms with van der Waals surface area (Å²) in [6, 6.07) is 4.60. The Bertz CT molecular complexity index is 710. The molecule has 0 spiro atoms. The van der Waals surface area contributed by atoms with Crippen LogP contribution in [0, 0.1) is 5.92 Å². The van der Waals surface area contributed by atoms with Gasteiger partial charge in [0, 0.05) is 25.2 Å². The van der Waals surface area contributed by atoms with Gasteiger partial charge >= 0.3 is 6.18 Å². The SMILES string of the molecule is CC(C)C(N)CCN(C)S(=O)(=O)c1ccc(C(=O)NCC(F)(F)F)cc1.Cl. The third-order valence-corrected chi connectivity index (χ3v) is 5.78. The third kappa shape index (κ3) is 8.04. The first-order valence-electron chi connectivity index (χ1n) is 8.01. The molecule has 1 unspecified atom stereocenters. The molecule has 0 bridgehead atoms. The molecule has 0 saturated carbocycles. The van der Waals surface area contributed by atoms with Crippen molar-refractivity contribution in [3.8, 4) is 0 Å². The number of sulfonamides is 1. The zero-order valence-corrected chi connectivity index (χ0v) is 16.9. The van der Waals surface area contributed by atoms with Gasteiger partial charge in [-0.25, -0.2) is 12.7 Å². The Labute approximate surface area is 163 Å². The van der Waals surface area contributed by atoms with Crippen molar-refractivity contribution < 1.29 is 26.4 Å². The van der Waals surface area contributed by atoms with Crippen LogP contribution in [0.5, 0.6) is 0 Å². The number of nitrogens with one attached hydrogen (secondary N) is 1. The molecule has 0 aliphatic heterocycles. The summed E-state index contributed by atoms with van der Waals surface area (Å²) in [5.74, 6) is -0.705. The highest BCUT2D eigenvalue weighted by Crippen LogP contribution is 2.17. The van der Waals surface area contributed by atoms with Crippen molar-refractivity contribution in [1.29, 1.82) is 0 Å². The van der Waals surface area contributed by atoms with Crippen LogP contribution in [-0.4, -0.2) is 51.0 Å². The van der Waals surface area contributed by atoms with Crippen LogP contribution in [0.15, 0.2) is 29.2 Å². The van der Waals surface area contributed by atoms with Gasteiger partial charge in [0.05, 0.1) is 4.90 Å². The van der Waals surface area contributed by atoms with Crippen molar-refractivity contribution in [3.05, 3.63) is 29.8 Å². The molecule has 0 aromatic heterocycles. The van der Waals surface area contributed by atoms with E-state index < -0.39 is 28.7 Å². The molecule has 156 valence electrons. The number of benzene rings is 1. The summed E-state index contributed by atoms with van der Waals surface area (Å²) < 4.78 is 62.5. The number of hydrogen-bond donors (Lipinski definition) is 2. The summed E-state index contributed by atoms with van der Waals surface area (Å²) in [4.78, 5) is 11.6. The summed E-state index contributed by atoms with van der Waals surface area (Å²) in [5.41, 5.74) is 5.86. The molecule has 0 aliphatic rings. The molecule has 0 saturated heterocycles. The van der Waals surface area contributed by atoms with E-state index in [1.807, 2.05) is 13.8 Å². The van der Waals surface area contributed by atoms with Crippen molar-refractivity contribution >= 4 is 28.3 Å². The summed E-state index contributed by atoms with van der Waals surface area (Å²) in [6.07, 6.45) is -4.02. The Morgan fingerprint density at radius 1 is 1.22 bits per heavy atom. The summed E-state index contributed by atoms with van der Waals surface area (Å²) in [5, 5.41) is 1.73. The Kier molecular flexibility index (Phi) is 9.74. The monoisotopic (exact) mass is 431 g/mol. The molecule has 6 nitrogen and oxygen atoms in total. The smallest absolute Gasteiger partial charge is 0.343 e. The lowest BCUT2D eigenvalue weighted by atomic mass is 10.0. The fourth-order valence-electron chi connectivity index (χ4n) is 2.03. The molecule has 1 rings (SSSR count). The van der Waals surface area contributed by atoms with Gasteiger partial charge in [-0.1, -0.05) is 13.8 Å². The Morgan fingerprint density at radius 2 is 1.74 bits per heavy atom. The Balaban J connectivity index is 0.00000676. The van der Waals surface area contributed by atoms with Gasteiger partial charge in [0.15, 0.2) is 0 Å². The highest BCUT2D eigenvalue weighted by molar-refractivity contribution is 7.89. The van der Waals surface area contributed by atoms with Crippen molar-refractivity contribution in [3.63, 3.8) is 0 Å². The Morgan fingerprint density at radius 3 is 2.19 bits per heavy atom. The number of carbonyl (C=O) groups excluding carboxylic acids is 1. The van der Waals surface area contributed by atoms with E-state index in [-0.39, 0.29) is 41.4 Å². The lowest BCUT2D eigenvalue weighted by molar-refractivity contribution is -0.123. The van der Waals surface area contributed by atoms with Gasteiger partial charge in [-0.2, -0.15) is 13.2 Å². The average molecular weight is 432 g/mol.